The van der Waals surface area contributed by atoms with E-state index < -0.39 is 0 Å². The monoisotopic (exact) mass is 295 g/mol. The maximum absolute atomic E-state index is 12.0. The van der Waals surface area contributed by atoms with Crippen LogP contribution < -0.4 is 11.1 Å². The summed E-state index contributed by atoms with van der Waals surface area (Å²) >= 11 is 5.90. The second kappa shape index (κ2) is 6.95. The number of nitrogens with zero attached hydrogens (tertiary/aromatic N) is 1. The van der Waals surface area contributed by atoms with Crippen LogP contribution in [-0.4, -0.2) is 30.4 Å². The van der Waals surface area contributed by atoms with Crippen molar-refractivity contribution in [1.29, 1.82) is 0 Å². The Labute approximate surface area is 125 Å². The van der Waals surface area contributed by atoms with Crippen molar-refractivity contribution in [2.75, 3.05) is 24.6 Å². The van der Waals surface area contributed by atoms with E-state index in [1.807, 2.05) is 0 Å². The van der Waals surface area contributed by atoms with E-state index in [1.165, 1.54) is 25.7 Å². The van der Waals surface area contributed by atoms with Gasteiger partial charge in [0.1, 0.15) is 0 Å². The third kappa shape index (κ3) is 4.12. The van der Waals surface area contributed by atoms with Gasteiger partial charge in [-0.1, -0.05) is 24.4 Å². The first-order chi connectivity index (χ1) is 9.56. The van der Waals surface area contributed by atoms with Crippen LogP contribution in [0.4, 0.5) is 11.4 Å². The summed E-state index contributed by atoms with van der Waals surface area (Å²) in [6.45, 7) is 0.775. The Balaban J connectivity index is 1.81. The van der Waals surface area contributed by atoms with Gasteiger partial charge in [0.25, 0.3) is 0 Å². The molecule has 3 N–H and O–H groups in total. The number of halogens is 1. The molecule has 5 heteroatoms. The lowest BCUT2D eigenvalue weighted by Gasteiger charge is -2.23. The Kier molecular flexibility index (Phi) is 5.26. The first-order valence-electron chi connectivity index (χ1n) is 7.11. The highest BCUT2D eigenvalue weighted by molar-refractivity contribution is 6.31. The predicted octanol–water partition coefficient (Wildman–Crippen LogP) is 3.13. The molecule has 2 rings (SSSR count). The molecule has 4 nitrogen and oxygen atoms in total. The fourth-order valence-electron chi connectivity index (χ4n) is 2.65. The highest BCUT2D eigenvalue weighted by atomic mass is 35.5. The van der Waals surface area contributed by atoms with Crippen LogP contribution in [0.25, 0.3) is 0 Å². The molecule has 1 aliphatic carbocycles. The van der Waals surface area contributed by atoms with Crippen LogP contribution in [0.1, 0.15) is 32.1 Å². The second-order valence-electron chi connectivity index (χ2n) is 5.45. The zero-order chi connectivity index (χ0) is 14.5. The van der Waals surface area contributed by atoms with E-state index in [-0.39, 0.29) is 5.91 Å². The standard InChI is InChI=1S/C15H22ClN3O/c1-19(12-4-2-3-5-12)9-8-15(20)18-14-10-11(16)6-7-13(14)17/h6-7,10,12H,2-5,8-9,17H2,1H3,(H,18,20). The van der Waals surface area contributed by atoms with Crippen molar-refractivity contribution in [3.63, 3.8) is 0 Å². The lowest BCUT2D eigenvalue weighted by molar-refractivity contribution is -0.116. The van der Waals surface area contributed by atoms with E-state index in [2.05, 4.69) is 17.3 Å². The largest absolute Gasteiger partial charge is 0.397 e. The summed E-state index contributed by atoms with van der Waals surface area (Å²) in [5.41, 5.74) is 6.93. The minimum Gasteiger partial charge on any atom is -0.397 e. The Morgan fingerprint density at radius 1 is 1.45 bits per heavy atom. The fraction of sp³-hybridized carbons (Fsp3) is 0.533. The normalized spacial score (nSPS) is 15.8. The van der Waals surface area contributed by atoms with Crippen LogP contribution in [0.15, 0.2) is 18.2 Å². The molecule has 1 aromatic rings. The van der Waals surface area contributed by atoms with E-state index in [0.717, 1.165) is 6.54 Å². The molecule has 0 atom stereocenters. The van der Waals surface area contributed by atoms with Crippen molar-refractivity contribution >= 4 is 28.9 Å². The zero-order valence-electron chi connectivity index (χ0n) is 11.9. The van der Waals surface area contributed by atoms with Crippen LogP contribution in [0.5, 0.6) is 0 Å². The Morgan fingerprint density at radius 2 is 2.15 bits per heavy atom. The Bertz CT molecular complexity index is 472. The molecule has 0 aromatic heterocycles. The molecule has 0 unspecified atom stereocenters. The summed E-state index contributed by atoms with van der Waals surface area (Å²) in [6, 6.07) is 5.72. The summed E-state index contributed by atoms with van der Waals surface area (Å²) < 4.78 is 0. The lowest BCUT2D eigenvalue weighted by Crippen LogP contribution is -2.32. The van der Waals surface area contributed by atoms with E-state index in [4.69, 9.17) is 17.3 Å². The number of carbonyl (C=O) groups excluding carboxylic acids is 1. The number of benzene rings is 1. The average molecular weight is 296 g/mol. The fourth-order valence-corrected chi connectivity index (χ4v) is 2.83. The van der Waals surface area contributed by atoms with Crippen molar-refractivity contribution in [3.8, 4) is 0 Å². The quantitative estimate of drug-likeness (QED) is 0.821. The van der Waals surface area contributed by atoms with Crippen molar-refractivity contribution in [2.45, 2.75) is 38.1 Å². The van der Waals surface area contributed by atoms with Crippen LogP contribution in [0.3, 0.4) is 0 Å². The second-order valence-corrected chi connectivity index (χ2v) is 5.89. The van der Waals surface area contributed by atoms with Gasteiger partial charge in [0.15, 0.2) is 0 Å². The maximum Gasteiger partial charge on any atom is 0.225 e. The third-order valence-electron chi connectivity index (χ3n) is 3.93. The number of rotatable bonds is 5. The molecular formula is C15H22ClN3O. The van der Waals surface area contributed by atoms with Gasteiger partial charge in [-0.15, -0.1) is 0 Å². The van der Waals surface area contributed by atoms with Crippen molar-refractivity contribution in [1.82, 2.24) is 4.90 Å². The Morgan fingerprint density at radius 3 is 2.85 bits per heavy atom. The number of nitrogens with two attached hydrogens (primary N) is 1. The van der Waals surface area contributed by atoms with Crippen LogP contribution >= 0.6 is 11.6 Å². The van der Waals surface area contributed by atoms with Crippen LogP contribution in [0, 0.1) is 0 Å². The molecule has 0 radical (unpaired) electrons. The molecule has 1 amide bonds. The molecule has 1 aliphatic rings. The van der Waals surface area contributed by atoms with Crippen molar-refractivity contribution in [2.24, 2.45) is 0 Å². The lowest BCUT2D eigenvalue weighted by atomic mass is 10.2. The number of nitrogen functional groups attached to an aromatic ring is 1. The highest BCUT2D eigenvalue weighted by Gasteiger charge is 2.19. The average Bonchev–Trinajstić information content (AvgIpc) is 2.94. The van der Waals surface area contributed by atoms with Gasteiger partial charge < -0.3 is 16.0 Å². The molecule has 0 saturated heterocycles. The van der Waals surface area contributed by atoms with Gasteiger partial charge in [0.05, 0.1) is 11.4 Å². The number of amides is 1. The number of hydrogen-bond donors (Lipinski definition) is 2. The van der Waals surface area contributed by atoms with Gasteiger partial charge in [-0.25, -0.2) is 0 Å². The maximum atomic E-state index is 12.0. The van der Waals surface area contributed by atoms with Crippen molar-refractivity contribution in [3.05, 3.63) is 23.2 Å². The van der Waals surface area contributed by atoms with Gasteiger partial charge in [-0.2, -0.15) is 0 Å². The summed E-state index contributed by atoms with van der Waals surface area (Å²) in [5, 5.41) is 3.39. The SMILES string of the molecule is CN(CCC(=O)Nc1cc(Cl)ccc1N)C1CCCC1. The number of hydrogen-bond acceptors (Lipinski definition) is 3. The van der Waals surface area contributed by atoms with Gasteiger partial charge in [0.2, 0.25) is 5.91 Å². The molecule has 110 valence electrons. The minimum atomic E-state index is -0.0242. The smallest absolute Gasteiger partial charge is 0.225 e. The number of carbonyl (C=O) groups is 1. The van der Waals surface area contributed by atoms with E-state index in [1.54, 1.807) is 18.2 Å². The molecule has 0 heterocycles. The van der Waals surface area contributed by atoms with Crippen LogP contribution in [0.2, 0.25) is 5.02 Å². The molecular weight excluding hydrogens is 274 g/mol. The molecule has 20 heavy (non-hydrogen) atoms. The Hall–Kier alpha value is -1.26. The molecule has 0 aliphatic heterocycles. The number of anilines is 2. The van der Waals surface area contributed by atoms with E-state index in [9.17, 15) is 4.79 Å². The van der Waals surface area contributed by atoms with Crippen LogP contribution in [-0.2, 0) is 4.79 Å². The van der Waals surface area contributed by atoms with Gasteiger partial charge in [-0.3, -0.25) is 4.79 Å². The zero-order valence-corrected chi connectivity index (χ0v) is 12.6. The van der Waals surface area contributed by atoms with Gasteiger partial charge in [-0.05, 0) is 38.1 Å². The van der Waals surface area contributed by atoms with Crippen molar-refractivity contribution < 1.29 is 4.79 Å². The minimum absolute atomic E-state index is 0.0242. The first kappa shape index (κ1) is 15.1. The highest BCUT2D eigenvalue weighted by Crippen LogP contribution is 2.24. The molecule has 0 bridgehead atoms. The first-order valence-corrected chi connectivity index (χ1v) is 7.49. The molecule has 1 fully saturated rings. The summed E-state index contributed by atoms with van der Waals surface area (Å²) in [5.74, 6) is -0.0242. The van der Waals surface area contributed by atoms with E-state index in [0.29, 0.717) is 28.9 Å². The molecule has 1 saturated carbocycles. The summed E-state index contributed by atoms with van der Waals surface area (Å²) in [7, 11) is 2.09. The van der Waals surface area contributed by atoms with E-state index >= 15 is 0 Å². The van der Waals surface area contributed by atoms with Gasteiger partial charge in [0, 0.05) is 24.0 Å². The molecule has 1 aromatic carbocycles. The predicted molar refractivity (Wildman–Crippen MR) is 84.0 cm³/mol. The van der Waals surface area contributed by atoms with Gasteiger partial charge >= 0.3 is 0 Å². The number of nitrogens with one attached hydrogen (secondary N) is 1. The summed E-state index contributed by atoms with van der Waals surface area (Å²) in [6.07, 6.45) is 5.58. The topological polar surface area (TPSA) is 58.4 Å². The summed E-state index contributed by atoms with van der Waals surface area (Å²) in [4.78, 5) is 14.2. The third-order valence-corrected chi connectivity index (χ3v) is 4.16. The molecule has 0 spiro atoms.